The molecule has 3 rings (SSSR count). The van der Waals surface area contributed by atoms with Crippen molar-refractivity contribution in [1.82, 2.24) is 14.3 Å². The van der Waals surface area contributed by atoms with Crippen LogP contribution in [0.1, 0.15) is 39.0 Å². The molecule has 2 fully saturated rings. The molecule has 0 radical (unpaired) electrons. The maximum atomic E-state index is 11.6. The monoisotopic (exact) mass is 447 g/mol. The molecule has 0 spiro atoms. The molecule has 2 atom stereocenters. The van der Waals surface area contributed by atoms with Crippen molar-refractivity contribution in [1.29, 1.82) is 0 Å². The van der Waals surface area contributed by atoms with Crippen LogP contribution in [0.15, 0.2) is 10.7 Å². The Hall–Kier alpha value is -0.970. The van der Waals surface area contributed by atoms with Gasteiger partial charge in [0.15, 0.2) is 0 Å². The van der Waals surface area contributed by atoms with Gasteiger partial charge in [0.1, 0.15) is 5.82 Å². The second-order valence-electron chi connectivity index (χ2n) is 7.42. The number of aromatic nitrogens is 2. The van der Waals surface area contributed by atoms with Gasteiger partial charge in [0.2, 0.25) is 16.0 Å². The number of piperidine rings is 1. The molecule has 8 nitrogen and oxygen atoms in total. The Labute approximate surface area is 163 Å². The number of hydrogen-bond donors (Lipinski definition) is 3. The van der Waals surface area contributed by atoms with Gasteiger partial charge in [-0.1, -0.05) is 0 Å². The van der Waals surface area contributed by atoms with Gasteiger partial charge in [0.05, 0.1) is 22.4 Å². The highest BCUT2D eigenvalue weighted by molar-refractivity contribution is 9.10. The van der Waals surface area contributed by atoms with Gasteiger partial charge in [-0.2, -0.15) is 4.98 Å². The van der Waals surface area contributed by atoms with Crippen molar-refractivity contribution in [2.75, 3.05) is 30.0 Å². The summed E-state index contributed by atoms with van der Waals surface area (Å²) in [6, 6.07) is 0.0937. The Balaban J connectivity index is 1.63. The van der Waals surface area contributed by atoms with Crippen LogP contribution in [0.5, 0.6) is 0 Å². The third-order valence-corrected chi connectivity index (χ3v) is 7.12. The summed E-state index contributed by atoms with van der Waals surface area (Å²) in [6.07, 6.45) is 7.02. The molecule has 26 heavy (non-hydrogen) atoms. The number of sulfonamides is 1. The third kappa shape index (κ3) is 4.65. The Kier molecular flexibility index (Phi) is 5.76. The van der Waals surface area contributed by atoms with Crippen molar-refractivity contribution < 1.29 is 13.5 Å². The highest BCUT2D eigenvalue weighted by atomic mass is 79.9. The van der Waals surface area contributed by atoms with Crippen LogP contribution in [0.3, 0.4) is 0 Å². The molecule has 2 aliphatic rings. The van der Waals surface area contributed by atoms with Crippen LogP contribution in [-0.2, 0) is 10.0 Å². The lowest BCUT2D eigenvalue weighted by Crippen LogP contribution is -2.42. The van der Waals surface area contributed by atoms with Crippen molar-refractivity contribution in [2.45, 2.75) is 56.7 Å². The Bertz CT molecular complexity index is 750. The Morgan fingerprint density at radius 2 is 2.00 bits per heavy atom. The number of halogens is 1. The highest BCUT2D eigenvalue weighted by Crippen LogP contribution is 2.33. The molecule has 10 heteroatoms. The second-order valence-corrected chi connectivity index (χ2v) is 10.3. The highest BCUT2D eigenvalue weighted by Gasteiger charge is 2.37. The third-order valence-electron chi connectivity index (χ3n) is 5.24. The van der Waals surface area contributed by atoms with Gasteiger partial charge >= 0.3 is 0 Å². The summed E-state index contributed by atoms with van der Waals surface area (Å²) in [5, 5.41) is 17.1. The van der Waals surface area contributed by atoms with Crippen LogP contribution in [0.4, 0.5) is 11.8 Å². The van der Waals surface area contributed by atoms with Crippen molar-refractivity contribution in [3.63, 3.8) is 0 Å². The minimum Gasteiger partial charge on any atom is -0.388 e. The number of nitrogens with zero attached hydrogens (tertiary/aromatic N) is 3. The van der Waals surface area contributed by atoms with E-state index >= 15 is 0 Å². The smallest absolute Gasteiger partial charge is 0.224 e. The maximum Gasteiger partial charge on any atom is 0.224 e. The van der Waals surface area contributed by atoms with Crippen LogP contribution in [-0.4, -0.2) is 64.8 Å². The lowest BCUT2D eigenvalue weighted by Gasteiger charge is -2.31. The first-order chi connectivity index (χ1) is 12.1. The molecule has 0 amide bonds. The van der Waals surface area contributed by atoms with E-state index in [0.29, 0.717) is 37.7 Å². The number of nitrogens with one attached hydrogen (secondary N) is 2. The van der Waals surface area contributed by atoms with Gasteiger partial charge in [-0.25, -0.2) is 17.7 Å². The van der Waals surface area contributed by atoms with Crippen LogP contribution in [0.25, 0.3) is 0 Å². The fraction of sp³-hybridized carbons (Fsp3) is 0.750. The van der Waals surface area contributed by atoms with E-state index in [-0.39, 0.29) is 12.1 Å². The molecule has 1 aromatic heterocycles. The van der Waals surface area contributed by atoms with Gasteiger partial charge in [-0.05, 0) is 55.0 Å². The number of hydrogen-bond acceptors (Lipinski definition) is 7. The van der Waals surface area contributed by atoms with Crippen molar-refractivity contribution in [3.05, 3.63) is 10.7 Å². The summed E-state index contributed by atoms with van der Waals surface area (Å²) in [6.45, 7) is 2.85. The number of aliphatic hydroxyl groups is 1. The van der Waals surface area contributed by atoms with Gasteiger partial charge in [0.25, 0.3) is 0 Å². The first kappa shape index (κ1) is 19.8. The quantitative estimate of drug-likeness (QED) is 0.631. The molecule has 3 N–H and O–H groups in total. The minimum absolute atomic E-state index is 0.0421. The zero-order chi connectivity index (χ0) is 18.9. The van der Waals surface area contributed by atoms with E-state index in [0.717, 1.165) is 23.7 Å². The fourth-order valence-electron chi connectivity index (χ4n) is 3.59. The zero-order valence-corrected chi connectivity index (χ0v) is 17.5. The molecule has 1 saturated carbocycles. The normalized spacial score (nSPS) is 28.2. The summed E-state index contributed by atoms with van der Waals surface area (Å²) < 4.78 is 25.4. The van der Waals surface area contributed by atoms with Gasteiger partial charge in [-0.3, -0.25) is 0 Å². The molecule has 0 bridgehead atoms. The largest absolute Gasteiger partial charge is 0.388 e. The molecule has 1 aliphatic heterocycles. The van der Waals surface area contributed by atoms with E-state index in [2.05, 4.69) is 36.5 Å². The van der Waals surface area contributed by atoms with Gasteiger partial charge in [0, 0.05) is 25.3 Å². The molecule has 146 valence electrons. The van der Waals surface area contributed by atoms with Crippen LogP contribution >= 0.6 is 15.9 Å². The van der Waals surface area contributed by atoms with E-state index in [4.69, 9.17) is 0 Å². The molecule has 1 saturated heterocycles. The molecule has 2 heterocycles. The molecule has 0 unspecified atom stereocenters. The molecule has 1 aliphatic carbocycles. The van der Waals surface area contributed by atoms with E-state index in [1.165, 1.54) is 10.6 Å². The minimum atomic E-state index is -3.12. The van der Waals surface area contributed by atoms with E-state index in [1.54, 1.807) is 6.20 Å². The predicted octanol–water partition coefficient (Wildman–Crippen LogP) is 1.79. The fourth-order valence-corrected chi connectivity index (χ4v) is 4.77. The molecular weight excluding hydrogens is 422 g/mol. The van der Waals surface area contributed by atoms with E-state index in [1.807, 2.05) is 6.92 Å². The maximum absolute atomic E-state index is 11.6. The number of anilines is 2. The van der Waals surface area contributed by atoms with Crippen molar-refractivity contribution >= 4 is 37.7 Å². The summed E-state index contributed by atoms with van der Waals surface area (Å²) in [5.74, 6) is 1.16. The summed E-state index contributed by atoms with van der Waals surface area (Å²) in [5.41, 5.74) is -0.740. The van der Waals surface area contributed by atoms with Crippen molar-refractivity contribution in [2.24, 2.45) is 0 Å². The standard InChI is InChI=1S/C16H26BrN5O3S/c1-16(23)7-3-4-13(16)20-14-12(17)10-18-15(21-14)19-11-5-8-22(9-6-11)26(2,24)25/h10-11,13,23H,3-9H2,1-2H3,(H2,18,19,20,21)/t13-,16-/m1/s1. The molecule has 1 aromatic rings. The Morgan fingerprint density at radius 3 is 2.58 bits per heavy atom. The van der Waals surface area contributed by atoms with E-state index in [9.17, 15) is 13.5 Å². The van der Waals surface area contributed by atoms with Gasteiger partial charge in [-0.15, -0.1) is 0 Å². The average molecular weight is 448 g/mol. The van der Waals surface area contributed by atoms with Crippen LogP contribution < -0.4 is 10.6 Å². The SMILES string of the molecule is C[C@@]1(O)CCC[C@H]1Nc1nc(NC2CCN(S(C)(=O)=O)CC2)ncc1Br. The van der Waals surface area contributed by atoms with Crippen LogP contribution in [0, 0.1) is 0 Å². The first-order valence-corrected chi connectivity index (χ1v) is 11.5. The average Bonchev–Trinajstić information content (AvgIpc) is 2.89. The summed E-state index contributed by atoms with van der Waals surface area (Å²) >= 11 is 3.46. The zero-order valence-electron chi connectivity index (χ0n) is 15.1. The molecule has 0 aromatic carbocycles. The predicted molar refractivity (Wildman–Crippen MR) is 105 cm³/mol. The van der Waals surface area contributed by atoms with Crippen molar-refractivity contribution in [3.8, 4) is 0 Å². The number of rotatable bonds is 5. The topological polar surface area (TPSA) is 107 Å². The lowest BCUT2D eigenvalue weighted by molar-refractivity contribution is 0.0577. The second kappa shape index (κ2) is 7.57. The summed E-state index contributed by atoms with van der Waals surface area (Å²) in [4.78, 5) is 8.85. The van der Waals surface area contributed by atoms with Crippen LogP contribution in [0.2, 0.25) is 0 Å². The lowest BCUT2D eigenvalue weighted by atomic mass is 10.0. The molecular formula is C16H26BrN5O3S. The van der Waals surface area contributed by atoms with E-state index < -0.39 is 15.6 Å². The Morgan fingerprint density at radius 1 is 1.31 bits per heavy atom. The summed E-state index contributed by atoms with van der Waals surface area (Å²) in [7, 11) is -3.12. The first-order valence-electron chi connectivity index (χ1n) is 8.88. The van der Waals surface area contributed by atoms with Gasteiger partial charge < -0.3 is 15.7 Å².